The molecule has 166 valence electrons. The highest BCUT2D eigenvalue weighted by atomic mass is 16.4. The molecule has 0 saturated heterocycles. The van der Waals surface area contributed by atoms with Crippen molar-refractivity contribution in [2.24, 2.45) is 13.0 Å². The number of aromatic nitrogens is 3. The van der Waals surface area contributed by atoms with Crippen LogP contribution in [-0.4, -0.2) is 26.3 Å². The number of nitrogens with one attached hydrogen (secondary N) is 1. The SMILES string of the molecule is CC(C)[C@@H](Cn1c(=O)oc2ccccc21)NC(=O)CCc1nn(C)c(=O)c2ccccc12. The number of aryl methyl sites for hydroxylation is 2. The Hall–Kier alpha value is -3.68. The largest absolute Gasteiger partial charge is 0.420 e. The van der Waals surface area contributed by atoms with Crippen molar-refractivity contribution < 1.29 is 9.21 Å². The maximum atomic E-state index is 12.8. The minimum absolute atomic E-state index is 0.107. The lowest BCUT2D eigenvalue weighted by Gasteiger charge is -2.22. The maximum Gasteiger partial charge on any atom is 0.420 e. The quantitative estimate of drug-likeness (QED) is 0.482. The van der Waals surface area contributed by atoms with Gasteiger partial charge in [0.05, 0.1) is 16.6 Å². The fourth-order valence-corrected chi connectivity index (χ4v) is 3.88. The molecule has 0 spiro atoms. The summed E-state index contributed by atoms with van der Waals surface area (Å²) in [4.78, 5) is 37.4. The zero-order valence-electron chi connectivity index (χ0n) is 18.4. The van der Waals surface area contributed by atoms with Gasteiger partial charge in [-0.15, -0.1) is 0 Å². The molecule has 0 aliphatic rings. The highest BCUT2D eigenvalue weighted by molar-refractivity contribution is 5.84. The van der Waals surface area contributed by atoms with E-state index in [2.05, 4.69) is 10.4 Å². The smallest absolute Gasteiger partial charge is 0.408 e. The zero-order chi connectivity index (χ0) is 22.8. The van der Waals surface area contributed by atoms with Crippen molar-refractivity contribution in [3.8, 4) is 0 Å². The van der Waals surface area contributed by atoms with Crippen molar-refractivity contribution in [2.45, 2.75) is 39.3 Å². The van der Waals surface area contributed by atoms with Crippen LogP contribution in [0.5, 0.6) is 0 Å². The van der Waals surface area contributed by atoms with Crippen LogP contribution in [0.1, 0.15) is 26.0 Å². The van der Waals surface area contributed by atoms with Gasteiger partial charge in [-0.1, -0.05) is 44.2 Å². The highest BCUT2D eigenvalue weighted by Crippen LogP contribution is 2.16. The van der Waals surface area contributed by atoms with Crippen LogP contribution in [0.25, 0.3) is 21.9 Å². The third-order valence-corrected chi connectivity index (χ3v) is 5.73. The molecule has 0 aliphatic heterocycles. The summed E-state index contributed by atoms with van der Waals surface area (Å²) >= 11 is 0. The van der Waals surface area contributed by atoms with E-state index in [1.165, 1.54) is 4.68 Å². The highest BCUT2D eigenvalue weighted by Gasteiger charge is 2.20. The molecule has 1 atom stereocenters. The third-order valence-electron chi connectivity index (χ3n) is 5.73. The molecule has 32 heavy (non-hydrogen) atoms. The first kappa shape index (κ1) is 21.5. The Morgan fingerprint density at radius 3 is 2.50 bits per heavy atom. The topological polar surface area (TPSA) is 99.1 Å². The summed E-state index contributed by atoms with van der Waals surface area (Å²) in [6.45, 7) is 4.32. The lowest BCUT2D eigenvalue weighted by atomic mass is 10.0. The second-order valence-electron chi connectivity index (χ2n) is 8.29. The molecular formula is C24H26N4O4. The number of para-hydroxylation sites is 2. The Kier molecular flexibility index (Phi) is 5.94. The van der Waals surface area contributed by atoms with Crippen molar-refractivity contribution in [1.82, 2.24) is 19.7 Å². The summed E-state index contributed by atoms with van der Waals surface area (Å²) in [7, 11) is 1.61. The molecule has 0 unspecified atom stereocenters. The first-order valence-corrected chi connectivity index (χ1v) is 10.7. The predicted octanol–water partition coefficient (Wildman–Crippen LogP) is 2.62. The third kappa shape index (κ3) is 4.21. The van der Waals surface area contributed by atoms with Crippen molar-refractivity contribution in [1.29, 1.82) is 0 Å². The van der Waals surface area contributed by atoms with Gasteiger partial charge in [0.15, 0.2) is 5.58 Å². The van der Waals surface area contributed by atoms with Crippen molar-refractivity contribution >= 4 is 27.8 Å². The molecule has 0 aliphatic carbocycles. The van der Waals surface area contributed by atoms with E-state index in [0.717, 1.165) is 5.39 Å². The van der Waals surface area contributed by atoms with Gasteiger partial charge in [0.2, 0.25) is 5.91 Å². The fourth-order valence-electron chi connectivity index (χ4n) is 3.88. The summed E-state index contributed by atoms with van der Waals surface area (Å²) in [5.41, 5.74) is 1.78. The van der Waals surface area contributed by atoms with E-state index in [4.69, 9.17) is 4.42 Å². The molecule has 2 aromatic heterocycles. The molecule has 0 bridgehead atoms. The van der Waals surface area contributed by atoms with E-state index in [9.17, 15) is 14.4 Å². The van der Waals surface area contributed by atoms with Gasteiger partial charge in [0.1, 0.15) is 0 Å². The predicted molar refractivity (Wildman–Crippen MR) is 123 cm³/mol. The number of nitrogens with zero attached hydrogens (tertiary/aromatic N) is 3. The number of carbonyl (C=O) groups excluding carboxylic acids is 1. The Morgan fingerprint density at radius 1 is 1.06 bits per heavy atom. The van der Waals surface area contributed by atoms with Gasteiger partial charge in [-0.2, -0.15) is 5.10 Å². The molecule has 4 aromatic rings. The molecule has 1 N–H and O–H groups in total. The van der Waals surface area contributed by atoms with Crippen LogP contribution in [0.3, 0.4) is 0 Å². The molecule has 8 nitrogen and oxygen atoms in total. The summed E-state index contributed by atoms with van der Waals surface area (Å²) in [6, 6.07) is 14.3. The van der Waals surface area contributed by atoms with E-state index in [0.29, 0.717) is 35.1 Å². The number of benzene rings is 2. The van der Waals surface area contributed by atoms with Crippen LogP contribution in [0.15, 0.2) is 62.5 Å². The molecule has 0 radical (unpaired) electrons. The lowest BCUT2D eigenvalue weighted by Crippen LogP contribution is -2.43. The van der Waals surface area contributed by atoms with Crippen LogP contribution in [0.4, 0.5) is 0 Å². The standard InChI is InChI=1S/C24H26N4O4/c1-15(2)19(14-28-20-10-6-7-11-21(20)32-24(28)31)25-22(29)13-12-18-16-8-4-5-9-17(16)23(30)27(3)26-18/h4-11,15,19H,12-14H2,1-3H3,(H,25,29)/t19-/m1/s1. The molecule has 1 amide bonds. The molecule has 0 saturated carbocycles. The Morgan fingerprint density at radius 2 is 1.75 bits per heavy atom. The van der Waals surface area contributed by atoms with Crippen LogP contribution < -0.4 is 16.6 Å². The summed E-state index contributed by atoms with van der Waals surface area (Å²) in [5.74, 6) is -0.465. The minimum Gasteiger partial charge on any atom is -0.408 e. The van der Waals surface area contributed by atoms with Gasteiger partial charge >= 0.3 is 5.76 Å². The average molecular weight is 434 g/mol. The van der Waals surface area contributed by atoms with E-state index in [1.807, 2.05) is 50.2 Å². The molecule has 2 aromatic carbocycles. The first-order valence-electron chi connectivity index (χ1n) is 10.7. The van der Waals surface area contributed by atoms with Gasteiger partial charge in [-0.3, -0.25) is 14.2 Å². The average Bonchev–Trinajstić information content (AvgIpc) is 3.09. The van der Waals surface area contributed by atoms with Gasteiger partial charge in [0.25, 0.3) is 5.56 Å². The van der Waals surface area contributed by atoms with Gasteiger partial charge in [0, 0.05) is 37.9 Å². The zero-order valence-corrected chi connectivity index (χ0v) is 18.4. The number of fused-ring (bicyclic) bond motifs is 2. The van der Waals surface area contributed by atoms with Gasteiger partial charge in [-0.05, 0) is 24.1 Å². The first-order chi connectivity index (χ1) is 15.3. The summed E-state index contributed by atoms with van der Waals surface area (Å²) in [5, 5.41) is 8.77. The van der Waals surface area contributed by atoms with Crippen molar-refractivity contribution in [3.63, 3.8) is 0 Å². The van der Waals surface area contributed by atoms with Gasteiger partial charge < -0.3 is 9.73 Å². The fraction of sp³-hybridized carbons (Fsp3) is 0.333. The Labute approximate surface area is 184 Å². The van der Waals surface area contributed by atoms with Crippen molar-refractivity contribution in [2.75, 3.05) is 0 Å². The second kappa shape index (κ2) is 8.82. The van der Waals surface area contributed by atoms with E-state index in [1.54, 1.807) is 23.7 Å². The Bertz CT molecular complexity index is 1400. The number of amides is 1. The molecule has 2 heterocycles. The number of carbonyl (C=O) groups is 1. The lowest BCUT2D eigenvalue weighted by molar-refractivity contribution is -0.122. The van der Waals surface area contributed by atoms with E-state index >= 15 is 0 Å². The Balaban J connectivity index is 1.49. The number of rotatable bonds is 7. The molecule has 4 rings (SSSR count). The van der Waals surface area contributed by atoms with Gasteiger partial charge in [-0.25, -0.2) is 9.48 Å². The summed E-state index contributed by atoms with van der Waals surface area (Å²) in [6.07, 6.45) is 0.624. The van der Waals surface area contributed by atoms with Crippen LogP contribution in [0, 0.1) is 5.92 Å². The van der Waals surface area contributed by atoms with E-state index < -0.39 is 5.76 Å². The molecule has 0 fully saturated rings. The molecule has 8 heteroatoms. The second-order valence-corrected chi connectivity index (χ2v) is 8.29. The van der Waals surface area contributed by atoms with Crippen LogP contribution in [0.2, 0.25) is 0 Å². The summed E-state index contributed by atoms with van der Waals surface area (Å²) < 4.78 is 8.18. The monoisotopic (exact) mass is 434 g/mol. The number of oxazole rings is 1. The van der Waals surface area contributed by atoms with E-state index in [-0.39, 0.29) is 29.8 Å². The molecular weight excluding hydrogens is 408 g/mol. The normalized spacial score (nSPS) is 12.5. The van der Waals surface area contributed by atoms with Crippen molar-refractivity contribution in [3.05, 3.63) is 75.1 Å². The minimum atomic E-state index is -0.438. The van der Waals surface area contributed by atoms with Crippen LogP contribution >= 0.6 is 0 Å². The maximum absolute atomic E-state index is 12.8. The number of hydrogen-bond donors (Lipinski definition) is 1. The number of hydrogen-bond acceptors (Lipinski definition) is 5. The van der Waals surface area contributed by atoms with Crippen LogP contribution in [-0.2, 0) is 24.8 Å².